The van der Waals surface area contributed by atoms with Gasteiger partial charge in [-0.15, -0.1) is 0 Å². The Hall–Kier alpha value is -1.84. The predicted octanol–water partition coefficient (Wildman–Crippen LogP) is 2.87. The number of carbonyl (C=O) groups is 2. The smallest absolute Gasteiger partial charge is 0.225 e. The highest BCUT2D eigenvalue weighted by molar-refractivity contribution is 5.88. The zero-order valence-electron chi connectivity index (χ0n) is 12.2. The van der Waals surface area contributed by atoms with E-state index in [9.17, 15) is 9.59 Å². The highest BCUT2D eigenvalue weighted by Gasteiger charge is 2.22. The van der Waals surface area contributed by atoms with Gasteiger partial charge in [-0.05, 0) is 24.6 Å². The zero-order valence-corrected chi connectivity index (χ0v) is 12.2. The van der Waals surface area contributed by atoms with Crippen LogP contribution in [0.2, 0.25) is 0 Å². The van der Waals surface area contributed by atoms with Gasteiger partial charge in [-0.25, -0.2) is 0 Å². The van der Waals surface area contributed by atoms with E-state index in [1.54, 1.807) is 0 Å². The first-order valence-corrected chi connectivity index (χ1v) is 6.38. The predicted molar refractivity (Wildman–Crippen MR) is 76.8 cm³/mol. The van der Waals surface area contributed by atoms with E-state index < -0.39 is 5.41 Å². The molecular formula is C15H22N2O2. The van der Waals surface area contributed by atoms with Crippen LogP contribution in [0.15, 0.2) is 24.3 Å². The van der Waals surface area contributed by atoms with E-state index in [0.29, 0.717) is 0 Å². The average molecular weight is 262 g/mol. The molecule has 4 nitrogen and oxygen atoms in total. The molecular weight excluding hydrogens is 240 g/mol. The summed E-state index contributed by atoms with van der Waals surface area (Å²) in [6.45, 7) is 9.03. The number of carbonyl (C=O) groups excluding carboxylic acids is 2. The molecule has 0 saturated heterocycles. The molecule has 4 heteroatoms. The summed E-state index contributed by atoms with van der Waals surface area (Å²) in [4.78, 5) is 23.0. The molecule has 0 aromatic heterocycles. The Labute approximate surface area is 114 Å². The van der Waals surface area contributed by atoms with Gasteiger partial charge in [-0.2, -0.15) is 0 Å². The summed E-state index contributed by atoms with van der Waals surface area (Å²) >= 11 is 0. The highest BCUT2D eigenvalue weighted by Crippen LogP contribution is 2.20. The monoisotopic (exact) mass is 262 g/mol. The summed E-state index contributed by atoms with van der Waals surface area (Å²) in [5, 5.41) is 5.70. The van der Waals surface area contributed by atoms with Gasteiger partial charge >= 0.3 is 0 Å². The van der Waals surface area contributed by atoms with Crippen molar-refractivity contribution in [1.29, 1.82) is 0 Å². The van der Waals surface area contributed by atoms with Crippen LogP contribution in [0.5, 0.6) is 0 Å². The van der Waals surface area contributed by atoms with Crippen LogP contribution >= 0.6 is 0 Å². The molecule has 0 aliphatic rings. The molecule has 0 fully saturated rings. The molecule has 0 heterocycles. The number of rotatable bonds is 3. The van der Waals surface area contributed by atoms with Crippen LogP contribution in [-0.2, 0) is 9.59 Å². The highest BCUT2D eigenvalue weighted by atomic mass is 16.2. The summed E-state index contributed by atoms with van der Waals surface area (Å²) in [7, 11) is 0. The Kier molecular flexibility index (Phi) is 4.70. The number of anilines is 1. The second-order valence-corrected chi connectivity index (χ2v) is 5.75. The number of hydrogen-bond donors (Lipinski definition) is 2. The van der Waals surface area contributed by atoms with E-state index in [4.69, 9.17) is 0 Å². The minimum Gasteiger partial charge on any atom is -0.349 e. The molecule has 19 heavy (non-hydrogen) atoms. The van der Waals surface area contributed by atoms with Gasteiger partial charge in [0.05, 0.1) is 6.04 Å². The van der Waals surface area contributed by atoms with Crippen molar-refractivity contribution in [2.45, 2.75) is 40.7 Å². The second-order valence-electron chi connectivity index (χ2n) is 5.75. The van der Waals surface area contributed by atoms with Crippen LogP contribution in [0, 0.1) is 5.41 Å². The van der Waals surface area contributed by atoms with E-state index in [1.165, 1.54) is 6.92 Å². The van der Waals surface area contributed by atoms with E-state index in [2.05, 4.69) is 10.6 Å². The lowest BCUT2D eigenvalue weighted by Crippen LogP contribution is -2.36. The largest absolute Gasteiger partial charge is 0.349 e. The molecule has 2 N–H and O–H groups in total. The Morgan fingerprint density at radius 1 is 1.21 bits per heavy atom. The fourth-order valence-electron chi connectivity index (χ4n) is 1.59. The lowest BCUT2D eigenvalue weighted by molar-refractivity contribution is -0.129. The number of hydrogen-bond acceptors (Lipinski definition) is 2. The molecule has 0 radical (unpaired) electrons. The van der Waals surface area contributed by atoms with Gasteiger partial charge in [-0.1, -0.05) is 32.9 Å². The topological polar surface area (TPSA) is 58.2 Å². The third-order valence-corrected chi connectivity index (χ3v) is 2.74. The third-order valence-electron chi connectivity index (χ3n) is 2.74. The minimum atomic E-state index is -0.413. The second kappa shape index (κ2) is 5.87. The molecule has 1 rings (SSSR count). The number of nitrogens with one attached hydrogen (secondary N) is 2. The Morgan fingerprint density at radius 3 is 2.37 bits per heavy atom. The molecule has 0 aliphatic heterocycles. The fraction of sp³-hybridized carbons (Fsp3) is 0.467. The third kappa shape index (κ3) is 4.73. The molecule has 1 aromatic rings. The van der Waals surface area contributed by atoms with Gasteiger partial charge in [0.2, 0.25) is 11.8 Å². The van der Waals surface area contributed by atoms with Crippen molar-refractivity contribution in [2.24, 2.45) is 5.41 Å². The molecule has 1 aromatic carbocycles. The van der Waals surface area contributed by atoms with Crippen molar-refractivity contribution in [3.8, 4) is 0 Å². The zero-order chi connectivity index (χ0) is 14.6. The molecule has 2 amide bonds. The van der Waals surface area contributed by atoms with Crippen LogP contribution < -0.4 is 10.6 Å². The standard InChI is InChI=1S/C15H22N2O2/c1-10(16-14(19)15(3,4)5)12-7-6-8-13(9-12)17-11(2)18/h6-10H,1-5H3,(H,16,19)(H,17,18)/t10-/m0/s1. The molecule has 0 saturated carbocycles. The van der Waals surface area contributed by atoms with Crippen molar-refractivity contribution in [1.82, 2.24) is 5.32 Å². The SMILES string of the molecule is CC(=O)Nc1cccc([C@H](C)NC(=O)C(C)(C)C)c1. The average Bonchev–Trinajstić information content (AvgIpc) is 2.27. The van der Waals surface area contributed by atoms with Gasteiger partial charge in [0.1, 0.15) is 0 Å². The van der Waals surface area contributed by atoms with Crippen molar-refractivity contribution in [2.75, 3.05) is 5.32 Å². The van der Waals surface area contributed by atoms with Gasteiger partial charge < -0.3 is 10.6 Å². The van der Waals surface area contributed by atoms with E-state index in [0.717, 1.165) is 11.3 Å². The maximum absolute atomic E-state index is 11.9. The van der Waals surface area contributed by atoms with Gasteiger partial charge in [0.15, 0.2) is 0 Å². The van der Waals surface area contributed by atoms with Gasteiger partial charge in [0.25, 0.3) is 0 Å². The molecule has 0 bridgehead atoms. The lowest BCUT2D eigenvalue weighted by Gasteiger charge is -2.22. The summed E-state index contributed by atoms with van der Waals surface area (Å²) in [5.41, 5.74) is 1.29. The first-order chi connectivity index (χ1) is 8.70. The minimum absolute atomic E-state index is 0.00456. The Balaban J connectivity index is 2.80. The van der Waals surface area contributed by atoms with Crippen LogP contribution in [-0.4, -0.2) is 11.8 Å². The summed E-state index contributed by atoms with van der Waals surface area (Å²) in [5.74, 6) is -0.103. The first-order valence-electron chi connectivity index (χ1n) is 6.38. The van der Waals surface area contributed by atoms with Crippen LogP contribution in [0.1, 0.15) is 46.2 Å². The molecule has 104 valence electrons. The number of amides is 2. The molecule has 0 unspecified atom stereocenters. The Bertz CT molecular complexity index is 475. The van der Waals surface area contributed by atoms with Crippen molar-refractivity contribution < 1.29 is 9.59 Å². The first kappa shape index (κ1) is 15.2. The van der Waals surface area contributed by atoms with Crippen LogP contribution in [0.25, 0.3) is 0 Å². The summed E-state index contributed by atoms with van der Waals surface area (Å²) < 4.78 is 0. The van der Waals surface area contributed by atoms with Crippen molar-refractivity contribution >= 4 is 17.5 Å². The maximum atomic E-state index is 11.9. The van der Waals surface area contributed by atoms with E-state index in [-0.39, 0.29) is 17.9 Å². The fourth-order valence-corrected chi connectivity index (χ4v) is 1.59. The normalized spacial score (nSPS) is 12.7. The number of benzene rings is 1. The van der Waals surface area contributed by atoms with Crippen LogP contribution in [0.4, 0.5) is 5.69 Å². The van der Waals surface area contributed by atoms with Gasteiger partial charge in [-0.3, -0.25) is 9.59 Å². The molecule has 0 spiro atoms. The lowest BCUT2D eigenvalue weighted by atomic mass is 9.94. The van der Waals surface area contributed by atoms with Crippen molar-refractivity contribution in [3.63, 3.8) is 0 Å². The van der Waals surface area contributed by atoms with Crippen LogP contribution in [0.3, 0.4) is 0 Å². The molecule has 1 atom stereocenters. The summed E-state index contributed by atoms with van der Waals surface area (Å²) in [6, 6.07) is 7.39. The Morgan fingerprint density at radius 2 is 1.84 bits per heavy atom. The van der Waals surface area contributed by atoms with Gasteiger partial charge in [0, 0.05) is 18.0 Å². The quantitative estimate of drug-likeness (QED) is 0.880. The van der Waals surface area contributed by atoms with E-state index in [1.807, 2.05) is 52.0 Å². The van der Waals surface area contributed by atoms with E-state index >= 15 is 0 Å². The summed E-state index contributed by atoms with van der Waals surface area (Å²) in [6.07, 6.45) is 0. The molecule has 0 aliphatic carbocycles. The maximum Gasteiger partial charge on any atom is 0.225 e. The van der Waals surface area contributed by atoms with Crippen molar-refractivity contribution in [3.05, 3.63) is 29.8 Å².